The molecule has 0 saturated heterocycles. The summed E-state index contributed by atoms with van der Waals surface area (Å²) in [5.74, 6) is 0.174. The van der Waals surface area contributed by atoms with E-state index in [2.05, 4.69) is 25.8 Å². The Labute approximate surface area is 146 Å². The fourth-order valence-corrected chi connectivity index (χ4v) is 3.59. The molecular formula is C15H13N7O2S. The van der Waals surface area contributed by atoms with Crippen molar-refractivity contribution in [3.05, 3.63) is 53.2 Å². The monoisotopic (exact) mass is 355 g/mol. The summed E-state index contributed by atoms with van der Waals surface area (Å²) in [6.07, 6.45) is 2.99. The summed E-state index contributed by atoms with van der Waals surface area (Å²) in [5.41, 5.74) is 1.33. The third-order valence-corrected chi connectivity index (χ3v) is 4.99. The molecule has 0 aliphatic carbocycles. The molecule has 0 fully saturated rings. The van der Waals surface area contributed by atoms with Gasteiger partial charge in [0.2, 0.25) is 5.91 Å². The molecule has 1 atom stereocenters. The third kappa shape index (κ3) is 3.15. The van der Waals surface area contributed by atoms with Gasteiger partial charge in [-0.15, -0.1) is 5.10 Å². The lowest BCUT2D eigenvalue weighted by molar-refractivity contribution is -0.119. The zero-order valence-corrected chi connectivity index (χ0v) is 13.8. The van der Waals surface area contributed by atoms with Gasteiger partial charge in [-0.05, 0) is 34.7 Å². The van der Waals surface area contributed by atoms with E-state index in [1.54, 1.807) is 16.7 Å². The highest BCUT2D eigenvalue weighted by Crippen LogP contribution is 2.25. The normalized spacial score (nSPS) is 16.2. The molecule has 126 valence electrons. The van der Waals surface area contributed by atoms with Gasteiger partial charge in [0.15, 0.2) is 5.16 Å². The Hall–Kier alpha value is -3.01. The highest BCUT2D eigenvalue weighted by Gasteiger charge is 2.26. The van der Waals surface area contributed by atoms with Gasteiger partial charge < -0.3 is 5.32 Å². The van der Waals surface area contributed by atoms with Crippen LogP contribution in [-0.2, 0) is 11.3 Å². The number of nitrogens with zero attached hydrogens (tertiary/aromatic N) is 6. The second-order valence-corrected chi connectivity index (χ2v) is 6.46. The Bertz CT molecular complexity index is 953. The van der Waals surface area contributed by atoms with E-state index in [-0.39, 0.29) is 17.4 Å². The first-order chi connectivity index (χ1) is 12.2. The van der Waals surface area contributed by atoms with Crippen molar-refractivity contribution in [2.45, 2.75) is 11.7 Å². The Morgan fingerprint density at radius 2 is 2.08 bits per heavy atom. The Morgan fingerprint density at radius 3 is 2.84 bits per heavy atom. The van der Waals surface area contributed by atoms with Crippen molar-refractivity contribution in [3.63, 3.8) is 0 Å². The van der Waals surface area contributed by atoms with Crippen molar-refractivity contribution in [3.8, 4) is 5.69 Å². The van der Waals surface area contributed by atoms with Crippen LogP contribution in [0.3, 0.4) is 0 Å². The number of thioether (sulfide) groups is 1. The minimum absolute atomic E-state index is 0.121. The van der Waals surface area contributed by atoms with Crippen molar-refractivity contribution < 1.29 is 4.79 Å². The zero-order valence-electron chi connectivity index (χ0n) is 12.9. The number of amides is 1. The molecule has 1 aliphatic rings. The highest BCUT2D eigenvalue weighted by atomic mass is 32.2. The van der Waals surface area contributed by atoms with Gasteiger partial charge in [0.05, 0.1) is 11.6 Å². The van der Waals surface area contributed by atoms with E-state index in [4.69, 9.17) is 0 Å². The lowest BCUT2D eigenvalue weighted by Gasteiger charge is -2.23. The van der Waals surface area contributed by atoms with E-state index in [9.17, 15) is 9.59 Å². The first-order valence-electron chi connectivity index (χ1n) is 7.53. The Kier molecular flexibility index (Phi) is 4.02. The molecule has 0 saturated carbocycles. The first-order valence-corrected chi connectivity index (χ1v) is 8.52. The van der Waals surface area contributed by atoms with Crippen LogP contribution >= 0.6 is 11.8 Å². The summed E-state index contributed by atoms with van der Waals surface area (Å²) in [6.45, 7) is 0.337. The third-order valence-electron chi connectivity index (χ3n) is 3.83. The van der Waals surface area contributed by atoms with Crippen LogP contribution in [0.1, 0.15) is 0 Å². The van der Waals surface area contributed by atoms with E-state index in [1.807, 2.05) is 12.1 Å². The van der Waals surface area contributed by atoms with Crippen LogP contribution in [0.4, 0.5) is 5.69 Å². The molecule has 3 heterocycles. The molecular weight excluding hydrogens is 342 g/mol. The second kappa shape index (κ2) is 6.48. The van der Waals surface area contributed by atoms with Crippen molar-refractivity contribution in [2.75, 3.05) is 11.1 Å². The summed E-state index contributed by atoms with van der Waals surface area (Å²) in [6, 6.07) is 8.60. The zero-order chi connectivity index (χ0) is 17.2. The number of benzene rings is 1. The lowest BCUT2D eigenvalue weighted by atomic mass is 10.1. The molecule has 9 nitrogen and oxygen atoms in total. The van der Waals surface area contributed by atoms with Gasteiger partial charge in [0.25, 0.3) is 5.56 Å². The molecule has 1 amide bonds. The molecule has 2 aromatic heterocycles. The number of tetrazole rings is 1. The number of anilines is 1. The van der Waals surface area contributed by atoms with Gasteiger partial charge in [0.1, 0.15) is 6.33 Å². The van der Waals surface area contributed by atoms with Crippen molar-refractivity contribution in [1.82, 2.24) is 29.8 Å². The number of carbonyl (C=O) groups excluding carboxylic acids is 1. The fourth-order valence-electron chi connectivity index (χ4n) is 2.53. The van der Waals surface area contributed by atoms with Crippen molar-refractivity contribution in [1.29, 1.82) is 0 Å². The molecule has 0 bridgehead atoms. The van der Waals surface area contributed by atoms with Gasteiger partial charge in [-0.2, -0.15) is 0 Å². The van der Waals surface area contributed by atoms with Crippen molar-refractivity contribution >= 4 is 23.4 Å². The van der Waals surface area contributed by atoms with Gasteiger partial charge >= 0.3 is 0 Å². The van der Waals surface area contributed by atoms with Gasteiger partial charge in [0, 0.05) is 30.2 Å². The highest BCUT2D eigenvalue weighted by molar-refractivity contribution is 7.99. The Balaban J connectivity index is 1.46. The molecule has 0 spiro atoms. The first kappa shape index (κ1) is 15.5. The summed E-state index contributed by atoms with van der Waals surface area (Å²) >= 11 is 1.42. The summed E-state index contributed by atoms with van der Waals surface area (Å²) in [7, 11) is 0. The number of rotatable bonds is 3. The van der Waals surface area contributed by atoms with Crippen LogP contribution in [0.2, 0.25) is 0 Å². The standard InChI is InChI=1S/C15H13N7O2S/c23-13-5-6-16-15-21(13)7-10(8-25-15)14(24)18-11-1-3-12(4-2-11)22-9-17-19-20-22/h1-6,9-10H,7-8H2,(H,18,24)/t10-/m1/s1. The number of hydrogen-bond acceptors (Lipinski definition) is 7. The van der Waals surface area contributed by atoms with Crippen LogP contribution in [0.25, 0.3) is 5.69 Å². The maximum atomic E-state index is 12.5. The molecule has 1 aliphatic heterocycles. The molecule has 0 radical (unpaired) electrons. The molecule has 3 aromatic rings. The average molecular weight is 355 g/mol. The minimum Gasteiger partial charge on any atom is -0.326 e. The predicted octanol–water partition coefficient (Wildman–Crippen LogP) is 0.580. The van der Waals surface area contributed by atoms with Gasteiger partial charge in [-0.3, -0.25) is 14.2 Å². The maximum Gasteiger partial charge on any atom is 0.254 e. The van der Waals surface area contributed by atoms with E-state index in [0.29, 0.717) is 23.1 Å². The van der Waals surface area contributed by atoms with E-state index in [1.165, 1.54) is 35.0 Å². The number of fused-ring (bicyclic) bond motifs is 1. The lowest BCUT2D eigenvalue weighted by Crippen LogP contribution is -2.36. The van der Waals surface area contributed by atoms with Crippen LogP contribution in [0.15, 0.2) is 52.8 Å². The minimum atomic E-state index is -0.293. The molecule has 1 N–H and O–H groups in total. The summed E-state index contributed by atoms with van der Waals surface area (Å²) < 4.78 is 3.07. The molecule has 10 heteroatoms. The predicted molar refractivity (Wildman–Crippen MR) is 90.5 cm³/mol. The number of carbonyl (C=O) groups is 1. The average Bonchev–Trinajstić information content (AvgIpc) is 3.17. The molecule has 1 aromatic carbocycles. The van der Waals surface area contributed by atoms with E-state index < -0.39 is 0 Å². The topological polar surface area (TPSA) is 108 Å². The summed E-state index contributed by atoms with van der Waals surface area (Å²) in [4.78, 5) is 28.6. The SMILES string of the molecule is O=C(Nc1ccc(-n2cnnn2)cc1)[C@H]1CSc2nccc(=O)n2C1. The maximum absolute atomic E-state index is 12.5. The Morgan fingerprint density at radius 1 is 1.24 bits per heavy atom. The van der Waals surface area contributed by atoms with Crippen LogP contribution in [-0.4, -0.2) is 41.4 Å². The van der Waals surface area contributed by atoms with Crippen LogP contribution in [0.5, 0.6) is 0 Å². The second-order valence-electron chi connectivity index (χ2n) is 5.47. The van der Waals surface area contributed by atoms with E-state index in [0.717, 1.165) is 5.69 Å². The smallest absolute Gasteiger partial charge is 0.254 e. The number of nitrogens with one attached hydrogen (secondary N) is 1. The molecule has 25 heavy (non-hydrogen) atoms. The van der Waals surface area contributed by atoms with Crippen LogP contribution in [0, 0.1) is 5.92 Å². The quantitative estimate of drug-likeness (QED) is 0.685. The molecule has 4 rings (SSSR count). The summed E-state index contributed by atoms with van der Waals surface area (Å²) in [5, 5.41) is 14.5. The van der Waals surface area contributed by atoms with Crippen LogP contribution < -0.4 is 10.9 Å². The molecule has 0 unspecified atom stereocenters. The van der Waals surface area contributed by atoms with Gasteiger partial charge in [-0.25, -0.2) is 9.67 Å². The number of aromatic nitrogens is 6. The number of hydrogen-bond donors (Lipinski definition) is 1. The fraction of sp³-hybridized carbons (Fsp3) is 0.200. The van der Waals surface area contributed by atoms with E-state index >= 15 is 0 Å². The largest absolute Gasteiger partial charge is 0.326 e. The van der Waals surface area contributed by atoms with Gasteiger partial charge in [-0.1, -0.05) is 11.8 Å². The van der Waals surface area contributed by atoms with Crippen molar-refractivity contribution in [2.24, 2.45) is 5.92 Å².